The minimum atomic E-state index is -0.344. The van der Waals surface area contributed by atoms with Crippen molar-refractivity contribution in [1.29, 1.82) is 0 Å². The second kappa shape index (κ2) is 3.91. The molecule has 1 saturated heterocycles. The second-order valence-electron chi connectivity index (χ2n) is 4.93. The minimum Gasteiger partial charge on any atom is -0.386 e. The van der Waals surface area contributed by atoms with E-state index in [9.17, 15) is 4.79 Å². The third kappa shape index (κ3) is 1.93. The Kier molecular flexibility index (Phi) is 2.39. The zero-order chi connectivity index (χ0) is 11.8. The first-order valence-corrected chi connectivity index (χ1v) is 6.07. The zero-order valence-corrected chi connectivity index (χ0v) is 9.65. The van der Waals surface area contributed by atoms with Gasteiger partial charge in [0, 0.05) is 17.3 Å². The molecule has 1 amide bonds. The van der Waals surface area contributed by atoms with Gasteiger partial charge in [-0.05, 0) is 42.9 Å². The van der Waals surface area contributed by atoms with Gasteiger partial charge in [-0.15, -0.1) is 0 Å². The van der Waals surface area contributed by atoms with Crippen molar-refractivity contribution in [2.45, 2.75) is 31.2 Å². The van der Waals surface area contributed by atoms with Crippen LogP contribution in [0.2, 0.25) is 0 Å². The summed E-state index contributed by atoms with van der Waals surface area (Å²) in [5.41, 5.74) is 8.52. The number of piperidine rings is 1. The highest BCUT2D eigenvalue weighted by molar-refractivity contribution is 5.92. The van der Waals surface area contributed by atoms with E-state index in [0.717, 1.165) is 19.3 Å². The number of nitrogens with one attached hydrogen (secondary N) is 1. The monoisotopic (exact) mass is 228 g/mol. The molecule has 3 N–H and O–H groups in total. The van der Waals surface area contributed by atoms with Gasteiger partial charge in [-0.1, -0.05) is 18.2 Å². The molecule has 1 aromatic carbocycles. The number of rotatable bonds is 2. The Hall–Kier alpha value is -1.77. The first-order valence-electron chi connectivity index (χ1n) is 6.07. The maximum atomic E-state index is 11.2. The highest BCUT2D eigenvalue weighted by Crippen LogP contribution is 2.36. The molecule has 2 heterocycles. The maximum Gasteiger partial charge on any atom is 0.248 e. The van der Waals surface area contributed by atoms with Gasteiger partial charge in [0.1, 0.15) is 0 Å². The summed E-state index contributed by atoms with van der Waals surface area (Å²) in [5.74, 6) is 0.178. The van der Waals surface area contributed by atoms with Gasteiger partial charge < -0.3 is 11.1 Å². The summed E-state index contributed by atoms with van der Waals surface area (Å²) < 4.78 is 0. The summed E-state index contributed by atoms with van der Waals surface area (Å²) in [6.07, 6.45) is 5.63. The van der Waals surface area contributed by atoms with Crippen LogP contribution in [0.15, 0.2) is 36.0 Å². The van der Waals surface area contributed by atoms with Crippen molar-refractivity contribution >= 4 is 5.91 Å². The highest BCUT2D eigenvalue weighted by atomic mass is 16.1. The standard InChI is InChI=1S/C14H16N2O/c15-14(17)10-3-1-2-9(6-10)11-7-12-4-5-13(8-11)16-12/h1-4,6,11,13,16H,5,7-8H2,(H2,15,17)/t11-,13-/m0/s1. The average molecular weight is 228 g/mol. The SMILES string of the molecule is NC(=O)c1cccc([C@H]2CC3=CC[C@@H](C2)N3)c1. The molecule has 1 aromatic rings. The van der Waals surface area contributed by atoms with Crippen LogP contribution in [0.3, 0.4) is 0 Å². The number of fused-ring (bicyclic) bond motifs is 2. The van der Waals surface area contributed by atoms with Crippen LogP contribution in [0.1, 0.15) is 41.1 Å². The molecule has 2 aliphatic heterocycles. The summed E-state index contributed by atoms with van der Waals surface area (Å²) in [6.45, 7) is 0. The van der Waals surface area contributed by atoms with Crippen molar-refractivity contribution in [1.82, 2.24) is 5.32 Å². The molecule has 3 heteroatoms. The van der Waals surface area contributed by atoms with E-state index < -0.39 is 0 Å². The van der Waals surface area contributed by atoms with Gasteiger partial charge in [0.15, 0.2) is 0 Å². The van der Waals surface area contributed by atoms with E-state index in [-0.39, 0.29) is 5.91 Å². The molecular weight excluding hydrogens is 212 g/mol. The Morgan fingerprint density at radius 3 is 3.06 bits per heavy atom. The van der Waals surface area contributed by atoms with Gasteiger partial charge in [-0.3, -0.25) is 4.79 Å². The van der Waals surface area contributed by atoms with Gasteiger partial charge in [0.2, 0.25) is 5.91 Å². The molecule has 17 heavy (non-hydrogen) atoms. The molecule has 0 aromatic heterocycles. The fourth-order valence-electron chi connectivity index (χ4n) is 2.85. The van der Waals surface area contributed by atoms with Crippen LogP contribution in [0, 0.1) is 0 Å². The topological polar surface area (TPSA) is 55.1 Å². The number of allylic oxidation sites excluding steroid dienone is 1. The molecule has 88 valence electrons. The van der Waals surface area contributed by atoms with E-state index in [0.29, 0.717) is 17.5 Å². The third-order valence-corrected chi connectivity index (χ3v) is 3.72. The summed E-state index contributed by atoms with van der Waals surface area (Å²) in [7, 11) is 0. The van der Waals surface area contributed by atoms with Crippen molar-refractivity contribution in [3.63, 3.8) is 0 Å². The first-order chi connectivity index (χ1) is 8.22. The second-order valence-corrected chi connectivity index (χ2v) is 4.93. The van der Waals surface area contributed by atoms with E-state index >= 15 is 0 Å². The maximum absolute atomic E-state index is 11.2. The lowest BCUT2D eigenvalue weighted by molar-refractivity contribution is 0.1000. The molecule has 0 saturated carbocycles. The fraction of sp³-hybridized carbons (Fsp3) is 0.357. The zero-order valence-electron chi connectivity index (χ0n) is 9.65. The lowest BCUT2D eigenvalue weighted by Crippen LogP contribution is -2.30. The molecule has 0 radical (unpaired) electrons. The summed E-state index contributed by atoms with van der Waals surface area (Å²) in [4.78, 5) is 11.2. The Balaban J connectivity index is 1.87. The van der Waals surface area contributed by atoms with Crippen LogP contribution >= 0.6 is 0 Å². The molecule has 2 bridgehead atoms. The van der Waals surface area contributed by atoms with Crippen molar-refractivity contribution in [2.24, 2.45) is 5.73 Å². The molecule has 2 aliphatic rings. The van der Waals surface area contributed by atoms with E-state index in [1.54, 1.807) is 6.07 Å². The van der Waals surface area contributed by atoms with Crippen LogP contribution in [0.25, 0.3) is 0 Å². The number of benzene rings is 1. The summed E-state index contributed by atoms with van der Waals surface area (Å²) in [5, 5.41) is 3.50. The Morgan fingerprint density at radius 1 is 1.41 bits per heavy atom. The van der Waals surface area contributed by atoms with Crippen molar-refractivity contribution in [3.05, 3.63) is 47.2 Å². The third-order valence-electron chi connectivity index (χ3n) is 3.72. The predicted octanol–water partition coefficient (Wildman–Crippen LogP) is 1.91. The van der Waals surface area contributed by atoms with E-state index in [2.05, 4.69) is 17.5 Å². The lowest BCUT2D eigenvalue weighted by Gasteiger charge is -2.28. The van der Waals surface area contributed by atoms with Crippen molar-refractivity contribution in [3.8, 4) is 0 Å². The van der Waals surface area contributed by atoms with Crippen LogP contribution in [0.5, 0.6) is 0 Å². The van der Waals surface area contributed by atoms with Crippen molar-refractivity contribution < 1.29 is 4.79 Å². The summed E-state index contributed by atoms with van der Waals surface area (Å²) >= 11 is 0. The van der Waals surface area contributed by atoms with Gasteiger partial charge in [-0.25, -0.2) is 0 Å². The number of nitrogens with two attached hydrogens (primary N) is 1. The fourth-order valence-corrected chi connectivity index (χ4v) is 2.85. The molecular formula is C14H16N2O. The first kappa shape index (κ1) is 10.4. The van der Waals surface area contributed by atoms with Gasteiger partial charge >= 0.3 is 0 Å². The van der Waals surface area contributed by atoms with Crippen LogP contribution < -0.4 is 11.1 Å². The molecule has 2 atom stereocenters. The molecule has 0 unspecified atom stereocenters. The Bertz CT molecular complexity index is 493. The van der Waals surface area contributed by atoms with E-state index in [1.807, 2.05) is 12.1 Å². The van der Waals surface area contributed by atoms with Crippen LogP contribution in [0.4, 0.5) is 0 Å². The minimum absolute atomic E-state index is 0.344. The molecule has 3 nitrogen and oxygen atoms in total. The van der Waals surface area contributed by atoms with Gasteiger partial charge in [-0.2, -0.15) is 0 Å². The Labute approximate surface area is 101 Å². The predicted molar refractivity (Wildman–Crippen MR) is 66.6 cm³/mol. The molecule has 1 fully saturated rings. The quantitative estimate of drug-likeness (QED) is 0.812. The smallest absolute Gasteiger partial charge is 0.248 e. The molecule has 0 spiro atoms. The van der Waals surface area contributed by atoms with E-state index in [4.69, 9.17) is 5.73 Å². The molecule has 3 rings (SSSR count). The number of primary amides is 1. The number of hydrogen-bond donors (Lipinski definition) is 2. The van der Waals surface area contributed by atoms with Gasteiger partial charge in [0.25, 0.3) is 0 Å². The largest absolute Gasteiger partial charge is 0.386 e. The number of carbonyl (C=O) groups excluding carboxylic acids is 1. The van der Waals surface area contributed by atoms with Crippen LogP contribution in [-0.2, 0) is 0 Å². The highest BCUT2D eigenvalue weighted by Gasteiger charge is 2.28. The van der Waals surface area contributed by atoms with Crippen LogP contribution in [-0.4, -0.2) is 11.9 Å². The normalized spacial score (nSPS) is 26.2. The lowest BCUT2D eigenvalue weighted by atomic mass is 9.86. The number of carbonyl (C=O) groups is 1. The molecule has 0 aliphatic carbocycles. The Morgan fingerprint density at radius 2 is 2.29 bits per heavy atom. The number of hydrogen-bond acceptors (Lipinski definition) is 2. The average Bonchev–Trinajstić information content (AvgIpc) is 2.68. The van der Waals surface area contributed by atoms with E-state index in [1.165, 1.54) is 11.3 Å². The number of amides is 1. The summed E-state index contributed by atoms with van der Waals surface area (Å²) in [6, 6.07) is 8.33. The van der Waals surface area contributed by atoms with Gasteiger partial charge in [0.05, 0.1) is 0 Å². The van der Waals surface area contributed by atoms with Crippen molar-refractivity contribution in [2.75, 3.05) is 0 Å².